The van der Waals surface area contributed by atoms with E-state index < -0.39 is 11.7 Å². The Balaban J connectivity index is 1.60. The molecule has 1 N–H and O–H groups in total. The fourth-order valence-corrected chi connectivity index (χ4v) is 4.46. The number of carbonyl (C=O) groups excluding carboxylic acids is 1. The molecule has 8 heteroatoms. The van der Waals surface area contributed by atoms with Crippen LogP contribution in [0.4, 0.5) is 13.2 Å². The van der Waals surface area contributed by atoms with Crippen molar-refractivity contribution in [1.29, 1.82) is 0 Å². The molecule has 2 aromatic rings. The fourth-order valence-electron chi connectivity index (χ4n) is 4.46. The van der Waals surface area contributed by atoms with Crippen LogP contribution in [0.5, 0.6) is 0 Å². The van der Waals surface area contributed by atoms with Crippen molar-refractivity contribution in [2.24, 2.45) is 0 Å². The van der Waals surface area contributed by atoms with E-state index in [1.165, 1.54) is 16.9 Å². The summed E-state index contributed by atoms with van der Waals surface area (Å²) >= 11 is 0. The number of carbonyl (C=O) groups is 1. The number of halogens is 3. The summed E-state index contributed by atoms with van der Waals surface area (Å²) in [6.07, 6.45) is 3.26. The van der Waals surface area contributed by atoms with Crippen molar-refractivity contribution in [2.45, 2.75) is 56.2 Å². The summed E-state index contributed by atoms with van der Waals surface area (Å²) in [5, 5.41) is 7.37. The first-order chi connectivity index (χ1) is 14.2. The largest absolute Gasteiger partial charge is 0.416 e. The van der Waals surface area contributed by atoms with Crippen molar-refractivity contribution in [2.75, 3.05) is 20.6 Å². The lowest BCUT2D eigenvalue weighted by molar-refractivity contribution is -0.137. The van der Waals surface area contributed by atoms with Crippen LogP contribution in [0.2, 0.25) is 0 Å². The van der Waals surface area contributed by atoms with Gasteiger partial charge in [0.1, 0.15) is 0 Å². The van der Waals surface area contributed by atoms with Crippen molar-refractivity contribution in [3.05, 3.63) is 47.3 Å². The van der Waals surface area contributed by atoms with E-state index in [9.17, 15) is 18.0 Å². The first-order valence-electron chi connectivity index (χ1n) is 10.4. The molecule has 2 saturated carbocycles. The Hall–Kier alpha value is -2.35. The van der Waals surface area contributed by atoms with Gasteiger partial charge in [-0.1, -0.05) is 18.9 Å². The second kappa shape index (κ2) is 7.72. The smallest absolute Gasteiger partial charge is 0.350 e. The van der Waals surface area contributed by atoms with Gasteiger partial charge in [0, 0.05) is 18.0 Å². The molecule has 0 atom stereocenters. The van der Waals surface area contributed by atoms with E-state index in [1.807, 2.05) is 14.1 Å². The molecule has 162 valence electrons. The summed E-state index contributed by atoms with van der Waals surface area (Å²) in [4.78, 5) is 15.2. The zero-order valence-electron chi connectivity index (χ0n) is 17.3. The van der Waals surface area contributed by atoms with Crippen LogP contribution >= 0.6 is 0 Å². The highest BCUT2D eigenvalue weighted by Gasteiger charge is 2.38. The van der Waals surface area contributed by atoms with Crippen LogP contribution in [0, 0.1) is 0 Å². The van der Waals surface area contributed by atoms with E-state index in [-0.39, 0.29) is 17.4 Å². The Kier molecular flexibility index (Phi) is 5.38. The molecule has 2 fully saturated rings. The quantitative estimate of drug-likeness (QED) is 0.755. The molecule has 1 aromatic heterocycles. The molecule has 5 nitrogen and oxygen atoms in total. The number of hydrogen-bond donors (Lipinski definition) is 1. The number of nitrogens with one attached hydrogen (secondary N) is 1. The third-order valence-corrected chi connectivity index (χ3v) is 6.49. The monoisotopic (exact) mass is 420 g/mol. The standard InChI is InChI=1S/C22H27F3N4O/c1-28(2)21(10-3-4-11-21)14-26-20(30)18-13-27-29(19(18)15-8-9-15)17-7-5-6-16(12-17)22(23,24)25/h5-7,12-13,15H,3-4,8-11,14H2,1-2H3,(H,26,30). The SMILES string of the molecule is CN(C)C1(CNC(=O)c2cnn(-c3cccc(C(F)(F)F)c3)c2C2CC2)CCCC1. The molecule has 30 heavy (non-hydrogen) atoms. The average Bonchev–Trinajstić information content (AvgIpc) is 3.25. The summed E-state index contributed by atoms with van der Waals surface area (Å²) in [6, 6.07) is 5.09. The first kappa shape index (κ1) is 20.9. The van der Waals surface area contributed by atoms with E-state index in [0.717, 1.165) is 50.7 Å². The molecule has 0 saturated heterocycles. The number of aromatic nitrogens is 2. The van der Waals surface area contributed by atoms with Crippen LogP contribution in [0.15, 0.2) is 30.5 Å². The molecule has 0 aliphatic heterocycles. The Morgan fingerprint density at radius 2 is 1.97 bits per heavy atom. The molecule has 0 unspecified atom stereocenters. The maximum Gasteiger partial charge on any atom is 0.416 e. The molecular formula is C22H27F3N4O. The third kappa shape index (κ3) is 3.97. The predicted molar refractivity (Wildman–Crippen MR) is 108 cm³/mol. The van der Waals surface area contributed by atoms with Crippen molar-refractivity contribution in [1.82, 2.24) is 20.0 Å². The minimum Gasteiger partial charge on any atom is -0.350 e. The molecule has 4 rings (SSSR count). The Bertz CT molecular complexity index is 925. The topological polar surface area (TPSA) is 50.2 Å². The van der Waals surface area contributed by atoms with Gasteiger partial charge in [-0.25, -0.2) is 4.68 Å². The molecule has 0 radical (unpaired) electrons. The van der Waals surface area contributed by atoms with E-state index in [4.69, 9.17) is 0 Å². The highest BCUT2D eigenvalue weighted by atomic mass is 19.4. The molecule has 0 spiro atoms. The Morgan fingerprint density at radius 1 is 1.27 bits per heavy atom. The van der Waals surface area contributed by atoms with Gasteiger partial charge in [0.15, 0.2) is 0 Å². The zero-order valence-corrected chi connectivity index (χ0v) is 17.3. The predicted octanol–water partition coefficient (Wildman–Crippen LogP) is 4.37. The number of alkyl halides is 3. The van der Waals surface area contributed by atoms with Gasteiger partial charge in [-0.2, -0.15) is 18.3 Å². The third-order valence-electron chi connectivity index (χ3n) is 6.49. The van der Waals surface area contributed by atoms with E-state index in [0.29, 0.717) is 23.5 Å². The van der Waals surface area contributed by atoms with Crippen LogP contribution in [0.25, 0.3) is 5.69 Å². The van der Waals surface area contributed by atoms with Crippen molar-refractivity contribution >= 4 is 5.91 Å². The maximum absolute atomic E-state index is 13.1. The van der Waals surface area contributed by atoms with Crippen molar-refractivity contribution < 1.29 is 18.0 Å². The van der Waals surface area contributed by atoms with E-state index in [1.54, 1.807) is 6.07 Å². The maximum atomic E-state index is 13.1. The molecule has 1 aromatic carbocycles. The van der Waals surface area contributed by atoms with Gasteiger partial charge in [0.2, 0.25) is 0 Å². The average molecular weight is 420 g/mol. The van der Waals surface area contributed by atoms with Crippen molar-refractivity contribution in [3.8, 4) is 5.69 Å². The number of hydrogen-bond acceptors (Lipinski definition) is 3. The lowest BCUT2D eigenvalue weighted by Crippen LogP contribution is -2.50. The van der Waals surface area contributed by atoms with E-state index >= 15 is 0 Å². The van der Waals surface area contributed by atoms with Gasteiger partial charge in [0.25, 0.3) is 5.91 Å². The summed E-state index contributed by atoms with van der Waals surface area (Å²) in [7, 11) is 4.08. The Labute approximate surface area is 174 Å². The molecular weight excluding hydrogens is 393 g/mol. The number of likely N-dealkylation sites (N-methyl/N-ethyl adjacent to an activating group) is 1. The normalized spacial score (nSPS) is 18.7. The minimum atomic E-state index is -4.43. The number of amides is 1. The Morgan fingerprint density at radius 3 is 2.57 bits per heavy atom. The molecule has 2 aliphatic carbocycles. The summed E-state index contributed by atoms with van der Waals surface area (Å²) in [6.45, 7) is 0.553. The lowest BCUT2D eigenvalue weighted by Gasteiger charge is -2.36. The highest BCUT2D eigenvalue weighted by molar-refractivity contribution is 5.95. The number of nitrogens with zero attached hydrogens (tertiary/aromatic N) is 3. The van der Waals surface area contributed by atoms with Gasteiger partial charge in [-0.3, -0.25) is 4.79 Å². The van der Waals surface area contributed by atoms with Crippen LogP contribution < -0.4 is 5.32 Å². The minimum absolute atomic E-state index is 0.0353. The van der Waals surface area contributed by atoms with Gasteiger partial charge in [0.05, 0.1) is 28.7 Å². The van der Waals surface area contributed by atoms with Gasteiger partial charge >= 0.3 is 6.18 Å². The summed E-state index contributed by atoms with van der Waals surface area (Å²) in [5.74, 6) is -0.0552. The van der Waals surface area contributed by atoms with Gasteiger partial charge in [-0.05, 0) is 58.0 Å². The molecule has 0 bridgehead atoms. The van der Waals surface area contributed by atoms with Crippen LogP contribution in [0.1, 0.15) is 66.1 Å². The molecule has 1 amide bonds. The second-order valence-electron chi connectivity index (χ2n) is 8.69. The lowest BCUT2D eigenvalue weighted by atomic mass is 9.96. The molecule has 2 aliphatic rings. The van der Waals surface area contributed by atoms with Gasteiger partial charge < -0.3 is 10.2 Å². The van der Waals surface area contributed by atoms with Crippen LogP contribution in [-0.4, -0.2) is 46.8 Å². The highest BCUT2D eigenvalue weighted by Crippen LogP contribution is 2.43. The summed E-state index contributed by atoms with van der Waals surface area (Å²) in [5.41, 5.74) is 0.731. The van der Waals surface area contributed by atoms with Crippen LogP contribution in [-0.2, 0) is 6.18 Å². The summed E-state index contributed by atoms with van der Waals surface area (Å²) < 4.78 is 40.9. The molecule has 1 heterocycles. The second-order valence-corrected chi connectivity index (χ2v) is 8.69. The number of benzene rings is 1. The number of rotatable bonds is 6. The van der Waals surface area contributed by atoms with E-state index in [2.05, 4.69) is 15.3 Å². The van der Waals surface area contributed by atoms with Crippen molar-refractivity contribution in [3.63, 3.8) is 0 Å². The first-order valence-corrected chi connectivity index (χ1v) is 10.4. The fraction of sp³-hybridized carbons (Fsp3) is 0.545. The van der Waals surface area contributed by atoms with Crippen LogP contribution in [0.3, 0.4) is 0 Å². The zero-order chi connectivity index (χ0) is 21.5. The van der Waals surface area contributed by atoms with Gasteiger partial charge in [-0.15, -0.1) is 0 Å².